The Balaban J connectivity index is 3.09. The molecule has 54 valence electrons. The Morgan fingerprint density at radius 3 is 2.70 bits per heavy atom. The Kier molecular flexibility index (Phi) is 2.96. The zero-order valence-electron chi connectivity index (χ0n) is 5.47. The molecule has 0 nitrogen and oxygen atoms in total. The smallest absolute Gasteiger partial charge is 0.0417 e. The van der Waals surface area contributed by atoms with Crippen LogP contribution in [0.3, 0.4) is 0 Å². The van der Waals surface area contributed by atoms with Crippen LogP contribution in [0.5, 0.6) is 0 Å². The quantitative estimate of drug-likeness (QED) is 0.524. The van der Waals surface area contributed by atoms with Gasteiger partial charge in [0.1, 0.15) is 0 Å². The second-order valence-corrected chi connectivity index (χ2v) is 3.58. The van der Waals surface area contributed by atoms with E-state index in [-0.39, 0.29) is 0 Å². The average Bonchev–Trinajstić information content (AvgIpc) is 1.94. The SMILES string of the molecule is CSc1cc(Cl)ccc1S. The van der Waals surface area contributed by atoms with E-state index in [9.17, 15) is 0 Å². The zero-order valence-corrected chi connectivity index (χ0v) is 7.93. The highest BCUT2D eigenvalue weighted by atomic mass is 35.5. The largest absolute Gasteiger partial charge is 0.142 e. The first-order chi connectivity index (χ1) is 4.74. The van der Waals surface area contributed by atoms with Crippen molar-refractivity contribution in [2.75, 3.05) is 6.26 Å². The van der Waals surface area contributed by atoms with Crippen molar-refractivity contribution in [2.24, 2.45) is 0 Å². The second kappa shape index (κ2) is 3.56. The number of benzene rings is 1. The summed E-state index contributed by atoms with van der Waals surface area (Å²) in [4.78, 5) is 2.10. The lowest BCUT2D eigenvalue weighted by Gasteiger charge is -1.99. The lowest BCUT2D eigenvalue weighted by Crippen LogP contribution is -1.72. The first-order valence-electron chi connectivity index (χ1n) is 2.76. The van der Waals surface area contributed by atoms with Gasteiger partial charge in [-0.3, -0.25) is 0 Å². The second-order valence-electron chi connectivity index (χ2n) is 1.82. The molecule has 0 aliphatic carbocycles. The van der Waals surface area contributed by atoms with Crippen molar-refractivity contribution in [3.63, 3.8) is 0 Å². The molecule has 1 aromatic rings. The molecule has 0 saturated heterocycles. The third-order valence-corrected chi connectivity index (χ3v) is 2.70. The number of halogens is 1. The number of thioether (sulfide) groups is 1. The third-order valence-electron chi connectivity index (χ3n) is 1.14. The number of thiol groups is 1. The van der Waals surface area contributed by atoms with Crippen LogP contribution in [-0.2, 0) is 0 Å². The lowest BCUT2D eigenvalue weighted by atomic mass is 10.4. The highest BCUT2D eigenvalue weighted by Gasteiger charge is 1.96. The van der Waals surface area contributed by atoms with Crippen LogP contribution in [0.1, 0.15) is 0 Å². The van der Waals surface area contributed by atoms with Gasteiger partial charge in [-0.15, -0.1) is 24.4 Å². The van der Waals surface area contributed by atoms with Crippen LogP contribution in [0.15, 0.2) is 28.0 Å². The van der Waals surface area contributed by atoms with Crippen LogP contribution < -0.4 is 0 Å². The summed E-state index contributed by atoms with van der Waals surface area (Å²) in [5.41, 5.74) is 0. The molecule has 0 N–H and O–H groups in total. The Labute approximate surface area is 75.4 Å². The molecule has 0 bridgehead atoms. The molecule has 0 unspecified atom stereocenters. The molecule has 0 amide bonds. The fraction of sp³-hybridized carbons (Fsp3) is 0.143. The van der Waals surface area contributed by atoms with E-state index in [4.69, 9.17) is 11.6 Å². The van der Waals surface area contributed by atoms with Gasteiger partial charge in [0, 0.05) is 14.8 Å². The number of hydrogen-bond acceptors (Lipinski definition) is 2. The third kappa shape index (κ3) is 1.84. The molecule has 10 heavy (non-hydrogen) atoms. The van der Waals surface area contributed by atoms with Gasteiger partial charge in [-0.1, -0.05) is 11.6 Å². The normalized spacial score (nSPS) is 9.90. The van der Waals surface area contributed by atoms with E-state index in [1.807, 2.05) is 24.5 Å². The topological polar surface area (TPSA) is 0 Å². The van der Waals surface area contributed by atoms with Gasteiger partial charge in [0.05, 0.1) is 0 Å². The maximum atomic E-state index is 5.75. The minimum atomic E-state index is 0.766. The summed E-state index contributed by atoms with van der Waals surface area (Å²) >= 11 is 11.6. The fourth-order valence-electron chi connectivity index (χ4n) is 0.651. The lowest BCUT2D eigenvalue weighted by molar-refractivity contribution is 1.26. The van der Waals surface area contributed by atoms with Crippen LogP contribution in [0.2, 0.25) is 5.02 Å². The van der Waals surface area contributed by atoms with E-state index in [1.54, 1.807) is 11.8 Å². The first-order valence-corrected chi connectivity index (χ1v) is 4.81. The molecule has 3 heteroatoms. The number of hydrogen-bond donors (Lipinski definition) is 1. The molecule has 0 aromatic heterocycles. The van der Waals surface area contributed by atoms with Crippen molar-refractivity contribution in [2.45, 2.75) is 9.79 Å². The fourth-order valence-corrected chi connectivity index (χ4v) is 1.82. The molecule has 0 atom stereocenters. The molecule has 0 saturated carbocycles. The maximum absolute atomic E-state index is 5.75. The van der Waals surface area contributed by atoms with Crippen LogP contribution >= 0.6 is 36.0 Å². The molecule has 0 aliphatic rings. The highest BCUT2D eigenvalue weighted by Crippen LogP contribution is 2.26. The van der Waals surface area contributed by atoms with E-state index >= 15 is 0 Å². The summed E-state index contributed by atoms with van der Waals surface area (Å²) in [6.07, 6.45) is 2.01. The predicted octanol–water partition coefficient (Wildman–Crippen LogP) is 3.35. The van der Waals surface area contributed by atoms with Gasteiger partial charge in [0.2, 0.25) is 0 Å². The van der Waals surface area contributed by atoms with Crippen molar-refractivity contribution in [3.05, 3.63) is 23.2 Å². The standard InChI is InChI=1S/C7H7ClS2/c1-10-7-4-5(8)2-3-6(7)9/h2-4,9H,1H3. The Bertz CT molecular complexity index is 235. The number of rotatable bonds is 1. The molecular formula is C7H7ClS2. The van der Waals surface area contributed by atoms with Crippen molar-refractivity contribution in [1.29, 1.82) is 0 Å². The van der Waals surface area contributed by atoms with Gasteiger partial charge < -0.3 is 0 Å². The molecule has 0 spiro atoms. The molecule has 1 aromatic carbocycles. The van der Waals surface area contributed by atoms with Crippen LogP contribution in [0.4, 0.5) is 0 Å². The van der Waals surface area contributed by atoms with Gasteiger partial charge >= 0.3 is 0 Å². The van der Waals surface area contributed by atoms with Crippen LogP contribution in [0, 0.1) is 0 Å². The molecule has 0 heterocycles. The maximum Gasteiger partial charge on any atom is 0.0417 e. The summed E-state index contributed by atoms with van der Waals surface area (Å²) in [5.74, 6) is 0. The van der Waals surface area contributed by atoms with Gasteiger partial charge in [0.15, 0.2) is 0 Å². The van der Waals surface area contributed by atoms with Crippen LogP contribution in [-0.4, -0.2) is 6.26 Å². The van der Waals surface area contributed by atoms with E-state index in [2.05, 4.69) is 12.6 Å². The van der Waals surface area contributed by atoms with Crippen molar-refractivity contribution < 1.29 is 0 Å². The summed E-state index contributed by atoms with van der Waals surface area (Å²) in [5, 5.41) is 0.766. The Hall–Kier alpha value is 0.210. The average molecular weight is 191 g/mol. The van der Waals surface area contributed by atoms with Crippen molar-refractivity contribution in [3.8, 4) is 0 Å². The minimum Gasteiger partial charge on any atom is -0.142 e. The van der Waals surface area contributed by atoms with Gasteiger partial charge in [-0.2, -0.15) is 0 Å². The molecule has 0 radical (unpaired) electrons. The Morgan fingerprint density at radius 1 is 1.50 bits per heavy atom. The molecule has 1 rings (SSSR count). The monoisotopic (exact) mass is 190 g/mol. The molecular weight excluding hydrogens is 184 g/mol. The summed E-state index contributed by atoms with van der Waals surface area (Å²) in [7, 11) is 0. The van der Waals surface area contributed by atoms with E-state index in [0.717, 1.165) is 14.8 Å². The Morgan fingerprint density at radius 2 is 2.20 bits per heavy atom. The van der Waals surface area contributed by atoms with Gasteiger partial charge in [-0.25, -0.2) is 0 Å². The summed E-state index contributed by atoms with van der Waals surface area (Å²) < 4.78 is 0. The van der Waals surface area contributed by atoms with Gasteiger partial charge in [-0.05, 0) is 24.5 Å². The van der Waals surface area contributed by atoms with E-state index in [0.29, 0.717) is 0 Å². The zero-order chi connectivity index (χ0) is 7.56. The summed E-state index contributed by atoms with van der Waals surface area (Å²) in [6.45, 7) is 0. The summed E-state index contributed by atoms with van der Waals surface area (Å²) in [6, 6.07) is 5.65. The highest BCUT2D eigenvalue weighted by molar-refractivity contribution is 7.99. The van der Waals surface area contributed by atoms with Crippen molar-refractivity contribution >= 4 is 36.0 Å². The van der Waals surface area contributed by atoms with Crippen LogP contribution in [0.25, 0.3) is 0 Å². The van der Waals surface area contributed by atoms with E-state index < -0.39 is 0 Å². The molecule has 0 fully saturated rings. The minimum absolute atomic E-state index is 0.766. The molecule has 0 aliphatic heterocycles. The first kappa shape index (κ1) is 8.31. The van der Waals surface area contributed by atoms with Crippen molar-refractivity contribution in [1.82, 2.24) is 0 Å². The van der Waals surface area contributed by atoms with Gasteiger partial charge in [0.25, 0.3) is 0 Å². The predicted molar refractivity (Wildman–Crippen MR) is 50.5 cm³/mol. The van der Waals surface area contributed by atoms with E-state index in [1.165, 1.54) is 0 Å².